The number of ketones is 1. The number of methoxy groups -OCH3 is 2. The monoisotopic (exact) mass is 612 g/mol. The Bertz CT molecular complexity index is 1100. The van der Waals surface area contributed by atoms with Gasteiger partial charge in [-0.25, -0.2) is 4.98 Å². The number of aromatic nitrogens is 1. The number of aliphatic hydroxyl groups is 1. The molecule has 4 N–H and O–H groups in total. The summed E-state index contributed by atoms with van der Waals surface area (Å²) < 4.78 is 10.2. The number of alkyl halides is 1. The van der Waals surface area contributed by atoms with E-state index in [1.165, 1.54) is 38.7 Å². The third-order valence-electron chi connectivity index (χ3n) is 5.47. The number of hydrogen-bond acceptors (Lipinski definition) is 9. The van der Waals surface area contributed by atoms with E-state index in [0.29, 0.717) is 9.88 Å². The number of benzene rings is 1. The lowest BCUT2D eigenvalue weighted by molar-refractivity contribution is -0.139. The fourth-order valence-corrected chi connectivity index (χ4v) is 4.40. The molecule has 1 aromatic carbocycles. The van der Waals surface area contributed by atoms with Crippen LogP contribution in [0.15, 0.2) is 36.5 Å². The van der Waals surface area contributed by atoms with Crippen LogP contribution in [0.5, 0.6) is 0 Å². The standard InChI is InChI=1S/C25H33BrN4O7S/c1-15-27-11-20(38-15)24(34)30-19(13-37-4)23(33)29-18(12-36-3)22(32)28-17(21(31)25(2,35)14-26)10-16-8-6-5-7-9-16/h5-9,11,17-19,35H,10,12-14H2,1-4H3,(H,28,32)(H,29,33)(H,30,34). The summed E-state index contributed by atoms with van der Waals surface area (Å²) in [6.45, 7) is 2.74. The summed E-state index contributed by atoms with van der Waals surface area (Å²) in [5.41, 5.74) is -0.972. The van der Waals surface area contributed by atoms with Gasteiger partial charge in [-0.05, 0) is 25.8 Å². The van der Waals surface area contributed by atoms with Crippen LogP contribution >= 0.6 is 27.3 Å². The Hall–Kier alpha value is -2.71. The summed E-state index contributed by atoms with van der Waals surface area (Å²) in [6.07, 6.45) is 1.53. The highest BCUT2D eigenvalue weighted by molar-refractivity contribution is 9.09. The molecule has 11 nitrogen and oxygen atoms in total. The lowest BCUT2D eigenvalue weighted by Gasteiger charge is -2.28. The number of nitrogens with one attached hydrogen (secondary N) is 3. The van der Waals surface area contributed by atoms with Gasteiger partial charge in [0.1, 0.15) is 22.6 Å². The number of rotatable bonds is 15. The molecule has 0 spiro atoms. The summed E-state index contributed by atoms with van der Waals surface area (Å²) in [7, 11) is 2.73. The van der Waals surface area contributed by atoms with Gasteiger partial charge in [0.15, 0.2) is 5.78 Å². The predicted molar refractivity (Wildman–Crippen MR) is 145 cm³/mol. The van der Waals surface area contributed by atoms with Gasteiger partial charge in [0.05, 0.1) is 30.5 Å². The first-order valence-electron chi connectivity index (χ1n) is 11.7. The second kappa shape index (κ2) is 15.0. The first kappa shape index (κ1) is 31.5. The van der Waals surface area contributed by atoms with Gasteiger partial charge in [-0.2, -0.15) is 0 Å². The molecule has 0 aliphatic carbocycles. The lowest BCUT2D eigenvalue weighted by atomic mass is 9.92. The highest BCUT2D eigenvalue weighted by atomic mass is 79.9. The molecule has 0 aliphatic heterocycles. The predicted octanol–water partition coefficient (Wildman–Crippen LogP) is 0.770. The number of carbonyl (C=O) groups is 4. The molecule has 2 aromatic rings. The normalized spacial score (nSPS) is 15.0. The molecule has 0 fully saturated rings. The van der Waals surface area contributed by atoms with Gasteiger partial charge in [0.2, 0.25) is 11.8 Å². The third-order valence-corrected chi connectivity index (χ3v) is 7.48. The fourth-order valence-electron chi connectivity index (χ4n) is 3.44. The van der Waals surface area contributed by atoms with E-state index in [4.69, 9.17) is 9.47 Å². The van der Waals surface area contributed by atoms with Crippen LogP contribution in [0.1, 0.15) is 27.2 Å². The SMILES string of the molecule is COCC(NC(=O)c1cnc(C)s1)C(=O)NC(COC)C(=O)NC(Cc1ccccc1)C(=O)C(C)(O)CBr. The van der Waals surface area contributed by atoms with Crippen molar-refractivity contribution in [3.05, 3.63) is 52.0 Å². The Balaban J connectivity index is 2.18. The van der Waals surface area contributed by atoms with Crippen LogP contribution in [-0.2, 0) is 30.3 Å². The number of ether oxygens (including phenoxy) is 2. The maximum atomic E-state index is 13.2. The second-order valence-corrected chi connectivity index (χ2v) is 10.6. The van der Waals surface area contributed by atoms with Crippen LogP contribution in [0.4, 0.5) is 0 Å². The van der Waals surface area contributed by atoms with Crippen molar-refractivity contribution < 1.29 is 33.8 Å². The second-order valence-electron chi connectivity index (χ2n) is 8.76. The topological polar surface area (TPSA) is 156 Å². The molecular weight excluding hydrogens is 580 g/mol. The number of nitrogens with zero attached hydrogens (tertiary/aromatic N) is 1. The summed E-state index contributed by atoms with van der Waals surface area (Å²) in [5, 5.41) is 19.0. The first-order chi connectivity index (χ1) is 18.0. The van der Waals surface area contributed by atoms with Crippen LogP contribution in [0.25, 0.3) is 0 Å². The molecule has 1 aromatic heterocycles. The fraction of sp³-hybridized carbons (Fsp3) is 0.480. The number of aryl methyl sites for hydroxylation is 1. The van der Waals surface area contributed by atoms with E-state index in [9.17, 15) is 24.3 Å². The maximum absolute atomic E-state index is 13.2. The van der Waals surface area contributed by atoms with Gasteiger partial charge in [0, 0.05) is 19.5 Å². The van der Waals surface area contributed by atoms with Crippen molar-refractivity contribution in [1.82, 2.24) is 20.9 Å². The largest absolute Gasteiger partial charge is 0.382 e. The van der Waals surface area contributed by atoms with E-state index >= 15 is 0 Å². The van der Waals surface area contributed by atoms with Crippen molar-refractivity contribution in [2.75, 3.05) is 32.8 Å². The highest BCUT2D eigenvalue weighted by Gasteiger charge is 2.37. The Morgan fingerprint density at radius 3 is 2.05 bits per heavy atom. The van der Waals surface area contributed by atoms with Crippen molar-refractivity contribution in [2.45, 2.75) is 44.0 Å². The smallest absolute Gasteiger partial charge is 0.263 e. The van der Waals surface area contributed by atoms with E-state index in [2.05, 4.69) is 36.9 Å². The number of thiazole rings is 1. The van der Waals surface area contributed by atoms with Gasteiger partial charge in [0.25, 0.3) is 5.91 Å². The maximum Gasteiger partial charge on any atom is 0.263 e. The Labute approximate surface area is 233 Å². The molecule has 0 radical (unpaired) electrons. The summed E-state index contributed by atoms with van der Waals surface area (Å²) >= 11 is 4.31. The first-order valence-corrected chi connectivity index (χ1v) is 13.6. The minimum absolute atomic E-state index is 0.0318. The zero-order valence-electron chi connectivity index (χ0n) is 21.7. The Morgan fingerprint density at radius 2 is 1.55 bits per heavy atom. The van der Waals surface area contributed by atoms with Crippen LogP contribution in [0.3, 0.4) is 0 Å². The van der Waals surface area contributed by atoms with Gasteiger partial charge >= 0.3 is 0 Å². The molecule has 38 heavy (non-hydrogen) atoms. The molecule has 0 aliphatic rings. The summed E-state index contributed by atoms with van der Waals surface area (Å²) in [6, 6.07) is 5.62. The average Bonchev–Trinajstić information content (AvgIpc) is 3.34. The zero-order valence-corrected chi connectivity index (χ0v) is 24.1. The molecule has 0 saturated heterocycles. The quantitative estimate of drug-likeness (QED) is 0.215. The number of amides is 3. The lowest BCUT2D eigenvalue weighted by Crippen LogP contribution is -2.60. The van der Waals surface area contributed by atoms with E-state index in [1.807, 2.05) is 6.07 Å². The molecule has 0 saturated carbocycles. The third kappa shape index (κ3) is 9.24. The minimum Gasteiger partial charge on any atom is -0.382 e. The molecule has 3 amide bonds. The molecule has 4 atom stereocenters. The van der Waals surface area contributed by atoms with Crippen molar-refractivity contribution in [1.29, 1.82) is 0 Å². The van der Waals surface area contributed by atoms with Crippen molar-refractivity contribution >= 4 is 50.8 Å². The van der Waals surface area contributed by atoms with E-state index in [1.54, 1.807) is 31.2 Å². The van der Waals surface area contributed by atoms with Gasteiger partial charge in [-0.15, -0.1) is 11.3 Å². The summed E-state index contributed by atoms with van der Waals surface area (Å²) in [4.78, 5) is 56.3. The molecule has 2 rings (SSSR count). The van der Waals surface area contributed by atoms with Crippen molar-refractivity contribution in [3.63, 3.8) is 0 Å². The summed E-state index contributed by atoms with van der Waals surface area (Å²) in [5.74, 6) is -2.48. The van der Waals surface area contributed by atoms with E-state index in [0.717, 1.165) is 5.56 Å². The van der Waals surface area contributed by atoms with Gasteiger partial charge in [-0.1, -0.05) is 46.3 Å². The van der Waals surface area contributed by atoms with Crippen LogP contribution in [0.2, 0.25) is 0 Å². The van der Waals surface area contributed by atoms with E-state index in [-0.39, 0.29) is 25.0 Å². The van der Waals surface area contributed by atoms with Crippen LogP contribution in [-0.4, -0.2) is 90.1 Å². The number of Topliss-reactive ketones (excluding diaryl/α,β-unsaturated/α-hetero) is 1. The van der Waals surface area contributed by atoms with Gasteiger partial charge < -0.3 is 30.5 Å². The minimum atomic E-state index is -1.74. The molecular formula is C25H33BrN4O7S. The number of halogens is 1. The number of hydrogen-bond donors (Lipinski definition) is 4. The molecule has 1 heterocycles. The van der Waals surface area contributed by atoms with Gasteiger partial charge in [-0.3, -0.25) is 19.2 Å². The van der Waals surface area contributed by atoms with E-state index < -0.39 is 47.2 Å². The Morgan fingerprint density at radius 1 is 1.00 bits per heavy atom. The molecule has 4 unspecified atom stereocenters. The van der Waals surface area contributed by atoms with Crippen LogP contribution in [0, 0.1) is 6.92 Å². The van der Waals surface area contributed by atoms with Crippen molar-refractivity contribution in [2.24, 2.45) is 0 Å². The molecule has 0 bridgehead atoms. The average molecular weight is 614 g/mol. The molecule has 208 valence electrons. The molecule has 13 heteroatoms. The highest BCUT2D eigenvalue weighted by Crippen LogP contribution is 2.15. The number of carbonyl (C=O) groups excluding carboxylic acids is 4. The van der Waals surface area contributed by atoms with Crippen molar-refractivity contribution in [3.8, 4) is 0 Å². The zero-order chi connectivity index (χ0) is 28.3. The van der Waals surface area contributed by atoms with Crippen LogP contribution < -0.4 is 16.0 Å². The Kier molecular flexibility index (Phi) is 12.5.